The first kappa shape index (κ1) is 21.8. The minimum atomic E-state index is -0.312. The molecule has 1 aromatic heterocycles. The standard InChI is InChI=1S/C22H29N7O3/c1-15-10-25-19(27-14-22(8-5-9-22)16-6-3-2-4-7-16)20(31)29(15)13-18(30)24-11-17-12-26-21(23)28-32-17/h2-4,6-7,10,17H,5,8-9,11-14H2,1H3,(H,24,30)(H,25,27)(H3,23,26,28). The second-order valence-electron chi connectivity index (χ2n) is 8.39. The highest BCUT2D eigenvalue weighted by molar-refractivity contribution is 5.76. The van der Waals surface area contributed by atoms with E-state index >= 15 is 0 Å². The molecule has 2 fully saturated rings. The maximum Gasteiger partial charge on any atom is 0.293 e. The number of aryl methyl sites for hydroxylation is 1. The number of amides is 1. The van der Waals surface area contributed by atoms with Crippen LogP contribution >= 0.6 is 0 Å². The molecule has 2 aliphatic rings. The fourth-order valence-electron chi connectivity index (χ4n) is 4.08. The van der Waals surface area contributed by atoms with Crippen LogP contribution in [0.1, 0.15) is 30.5 Å². The van der Waals surface area contributed by atoms with Crippen molar-refractivity contribution in [1.82, 2.24) is 25.7 Å². The molecule has 0 spiro atoms. The molecule has 2 aromatic rings. The number of guanidine groups is 1. The average molecular weight is 440 g/mol. The van der Waals surface area contributed by atoms with Gasteiger partial charge in [-0.05, 0) is 25.3 Å². The molecule has 5 N–H and O–H groups in total. The molecular formula is C22H29N7O3. The molecule has 170 valence electrons. The molecule has 1 aliphatic carbocycles. The number of carbonyl (C=O) groups excluding carboxylic acids is 1. The summed E-state index contributed by atoms with van der Waals surface area (Å²) in [5.41, 5.74) is 4.02. The molecule has 4 rings (SSSR count). The Morgan fingerprint density at radius 1 is 1.34 bits per heavy atom. The third-order valence-electron chi connectivity index (χ3n) is 6.21. The molecule has 1 aliphatic heterocycles. The molecule has 1 saturated carbocycles. The lowest BCUT2D eigenvalue weighted by Gasteiger charge is -2.42. The first-order valence-electron chi connectivity index (χ1n) is 10.8. The summed E-state index contributed by atoms with van der Waals surface area (Å²) >= 11 is 0. The summed E-state index contributed by atoms with van der Waals surface area (Å²) in [6.07, 6.45) is 4.60. The third-order valence-corrected chi connectivity index (χ3v) is 6.21. The molecule has 1 unspecified atom stereocenters. The van der Waals surface area contributed by atoms with Gasteiger partial charge in [0.2, 0.25) is 11.9 Å². The van der Waals surface area contributed by atoms with E-state index in [-0.39, 0.29) is 47.9 Å². The largest absolute Gasteiger partial charge is 0.365 e. The van der Waals surface area contributed by atoms with Crippen LogP contribution in [0.15, 0.2) is 41.3 Å². The number of hydrogen-bond acceptors (Lipinski definition) is 6. The molecule has 1 saturated heterocycles. The zero-order chi connectivity index (χ0) is 22.6. The highest BCUT2D eigenvalue weighted by atomic mass is 16.7. The lowest BCUT2D eigenvalue weighted by Crippen LogP contribution is -2.53. The summed E-state index contributed by atoms with van der Waals surface area (Å²) in [7, 11) is 0. The molecule has 1 aromatic carbocycles. The van der Waals surface area contributed by atoms with Gasteiger partial charge >= 0.3 is 0 Å². The van der Waals surface area contributed by atoms with Crippen molar-refractivity contribution >= 4 is 17.7 Å². The van der Waals surface area contributed by atoms with Crippen LogP contribution in [0, 0.1) is 12.3 Å². The predicted octanol–water partition coefficient (Wildman–Crippen LogP) is 0.629. The van der Waals surface area contributed by atoms with E-state index in [1.54, 1.807) is 13.1 Å². The van der Waals surface area contributed by atoms with Gasteiger partial charge < -0.3 is 16.0 Å². The van der Waals surface area contributed by atoms with Gasteiger partial charge in [0.25, 0.3) is 5.56 Å². The van der Waals surface area contributed by atoms with Crippen LogP contribution in [0.3, 0.4) is 0 Å². The Labute approximate surface area is 186 Å². The fraction of sp³-hybridized carbons (Fsp3) is 0.455. The minimum Gasteiger partial charge on any atom is -0.365 e. The average Bonchev–Trinajstić information content (AvgIpc) is 2.77. The lowest BCUT2D eigenvalue weighted by molar-refractivity contribution is -0.122. The first-order chi connectivity index (χ1) is 15.5. The van der Waals surface area contributed by atoms with Crippen molar-refractivity contribution in [2.24, 2.45) is 0 Å². The van der Waals surface area contributed by atoms with E-state index in [0.717, 1.165) is 12.8 Å². The molecular weight excluding hydrogens is 410 g/mol. The van der Waals surface area contributed by atoms with Gasteiger partial charge in [-0.15, -0.1) is 0 Å². The van der Waals surface area contributed by atoms with E-state index in [2.05, 4.69) is 38.5 Å². The second kappa shape index (κ2) is 9.39. The Morgan fingerprint density at radius 3 is 2.78 bits per heavy atom. The molecule has 10 heteroatoms. The Morgan fingerprint density at radius 2 is 2.12 bits per heavy atom. The van der Waals surface area contributed by atoms with Crippen molar-refractivity contribution in [1.29, 1.82) is 5.41 Å². The summed E-state index contributed by atoms with van der Waals surface area (Å²) < 4.78 is 1.43. The molecule has 2 heterocycles. The normalized spacial score (nSPS) is 19.3. The van der Waals surface area contributed by atoms with Crippen molar-refractivity contribution in [2.45, 2.75) is 44.2 Å². The maximum atomic E-state index is 13.0. The van der Waals surface area contributed by atoms with Gasteiger partial charge in [0.1, 0.15) is 12.6 Å². The number of nitrogens with one attached hydrogen (secondary N) is 5. The van der Waals surface area contributed by atoms with Crippen LogP contribution in [-0.2, 0) is 21.6 Å². The van der Waals surface area contributed by atoms with E-state index in [1.165, 1.54) is 16.6 Å². The molecule has 1 amide bonds. The zero-order valence-corrected chi connectivity index (χ0v) is 18.1. The Hall–Kier alpha value is -3.40. The summed E-state index contributed by atoms with van der Waals surface area (Å²) in [6, 6.07) is 10.4. The van der Waals surface area contributed by atoms with E-state index in [4.69, 9.17) is 10.2 Å². The Balaban J connectivity index is 1.38. The number of anilines is 1. The van der Waals surface area contributed by atoms with Crippen LogP contribution in [0.5, 0.6) is 0 Å². The van der Waals surface area contributed by atoms with Gasteiger partial charge in [0.15, 0.2) is 5.82 Å². The van der Waals surface area contributed by atoms with E-state index in [0.29, 0.717) is 18.8 Å². The molecule has 0 bridgehead atoms. The molecule has 0 radical (unpaired) electrons. The van der Waals surface area contributed by atoms with Crippen LogP contribution < -0.4 is 27.0 Å². The van der Waals surface area contributed by atoms with Crippen LogP contribution in [0.2, 0.25) is 0 Å². The number of hydroxylamine groups is 1. The van der Waals surface area contributed by atoms with Crippen molar-refractivity contribution in [3.63, 3.8) is 0 Å². The minimum absolute atomic E-state index is 0.0148. The fourth-order valence-corrected chi connectivity index (χ4v) is 4.08. The number of nitrogens with zero attached hydrogens (tertiary/aromatic N) is 2. The van der Waals surface area contributed by atoms with Crippen molar-refractivity contribution in [3.05, 3.63) is 58.1 Å². The second-order valence-corrected chi connectivity index (χ2v) is 8.39. The van der Waals surface area contributed by atoms with Gasteiger partial charge in [-0.25, -0.2) is 10.5 Å². The predicted molar refractivity (Wildman–Crippen MR) is 120 cm³/mol. The topological polar surface area (TPSA) is 133 Å². The van der Waals surface area contributed by atoms with Crippen molar-refractivity contribution in [3.8, 4) is 0 Å². The molecule has 10 nitrogen and oxygen atoms in total. The number of carbonyl (C=O) groups is 1. The third kappa shape index (κ3) is 4.75. The molecule has 1 atom stereocenters. The summed E-state index contributed by atoms with van der Waals surface area (Å²) in [6.45, 7) is 2.96. The highest BCUT2D eigenvalue weighted by Crippen LogP contribution is 2.43. The van der Waals surface area contributed by atoms with Gasteiger partial charge in [-0.2, -0.15) is 0 Å². The van der Waals surface area contributed by atoms with Gasteiger partial charge in [-0.1, -0.05) is 36.8 Å². The van der Waals surface area contributed by atoms with Crippen molar-refractivity contribution < 1.29 is 9.63 Å². The van der Waals surface area contributed by atoms with E-state index in [1.807, 2.05) is 18.2 Å². The van der Waals surface area contributed by atoms with Crippen LogP contribution in [-0.4, -0.2) is 47.2 Å². The number of benzene rings is 1. The van der Waals surface area contributed by atoms with Gasteiger partial charge in [-0.3, -0.25) is 24.4 Å². The summed E-state index contributed by atoms with van der Waals surface area (Å²) in [5.74, 6) is 0.0481. The number of hydrogen-bond donors (Lipinski definition) is 5. The zero-order valence-electron chi connectivity index (χ0n) is 18.1. The SMILES string of the molecule is Cc1cnc(NCC2(c3ccccc3)CCC2)c(=O)n1CC(=O)NCC1CNC(=N)NO1. The summed E-state index contributed by atoms with van der Waals surface area (Å²) in [5, 5.41) is 16.2. The number of rotatable bonds is 8. The highest BCUT2D eigenvalue weighted by Gasteiger charge is 2.38. The van der Waals surface area contributed by atoms with Gasteiger partial charge in [0.05, 0.1) is 0 Å². The van der Waals surface area contributed by atoms with Crippen LogP contribution in [0.4, 0.5) is 5.82 Å². The Bertz CT molecular complexity index is 1020. The Kier molecular flexibility index (Phi) is 6.40. The quantitative estimate of drug-likeness (QED) is 0.407. The maximum absolute atomic E-state index is 13.0. The smallest absolute Gasteiger partial charge is 0.293 e. The van der Waals surface area contributed by atoms with Crippen LogP contribution in [0.25, 0.3) is 0 Å². The van der Waals surface area contributed by atoms with E-state index in [9.17, 15) is 9.59 Å². The molecule has 32 heavy (non-hydrogen) atoms. The monoisotopic (exact) mass is 439 g/mol. The van der Waals surface area contributed by atoms with Gasteiger partial charge in [0, 0.05) is 36.9 Å². The number of aromatic nitrogens is 2. The summed E-state index contributed by atoms with van der Waals surface area (Å²) in [4.78, 5) is 35.0. The lowest BCUT2D eigenvalue weighted by atomic mass is 9.64. The van der Waals surface area contributed by atoms with E-state index < -0.39 is 0 Å². The first-order valence-corrected chi connectivity index (χ1v) is 10.8. The van der Waals surface area contributed by atoms with Crippen molar-refractivity contribution in [2.75, 3.05) is 25.0 Å².